The normalized spacial score (nSPS) is 15.0. The van der Waals surface area contributed by atoms with Crippen LogP contribution in [0.5, 0.6) is 0 Å². The molecule has 15 nitrogen and oxygen atoms in total. The number of aliphatic hydroxyl groups is 3. The molecule has 0 saturated heterocycles. The molecule has 404 valence electrons. The van der Waals surface area contributed by atoms with Gasteiger partial charge < -0.3 is 34.6 Å². The molecule has 0 aromatic heterocycles. The summed E-state index contributed by atoms with van der Waals surface area (Å²) in [5, 5.41) is 30.1. The first-order chi connectivity index (χ1) is 32.8. The second-order valence-corrected chi connectivity index (χ2v) is 21.5. The van der Waals surface area contributed by atoms with Crippen LogP contribution in [0.4, 0.5) is 0 Å². The summed E-state index contributed by atoms with van der Waals surface area (Å²) < 4.78 is 53.1. The van der Waals surface area contributed by atoms with E-state index in [2.05, 4.69) is 35.0 Å². The molecule has 0 bridgehead atoms. The number of hydrogen-bond acceptors (Lipinski definition) is 13. The quantitative estimate of drug-likeness (QED) is 0.0165. The van der Waals surface area contributed by atoms with Crippen LogP contribution in [0, 0.1) is 0 Å². The van der Waals surface area contributed by atoms with Crippen molar-refractivity contribution in [3.05, 3.63) is 12.2 Å². The van der Waals surface area contributed by atoms with Crippen molar-refractivity contribution in [1.82, 2.24) is 0 Å². The fourth-order valence-electron chi connectivity index (χ4n) is 7.50. The van der Waals surface area contributed by atoms with E-state index in [1.807, 2.05) is 0 Å². The van der Waals surface area contributed by atoms with Crippen molar-refractivity contribution in [1.29, 1.82) is 0 Å². The number of ether oxygens (including phenoxy) is 2. The van der Waals surface area contributed by atoms with E-state index in [0.29, 0.717) is 12.8 Å². The van der Waals surface area contributed by atoms with Crippen LogP contribution in [0.15, 0.2) is 12.2 Å². The molecule has 0 aliphatic rings. The molecular formula is C51H100O15P2. The van der Waals surface area contributed by atoms with Gasteiger partial charge >= 0.3 is 27.6 Å². The zero-order chi connectivity index (χ0) is 50.2. The van der Waals surface area contributed by atoms with Gasteiger partial charge in [0.1, 0.15) is 31.5 Å². The number of carbonyl (C=O) groups excluding carboxylic acids is 2. The second kappa shape index (κ2) is 48.1. The lowest BCUT2D eigenvalue weighted by Gasteiger charge is -2.19. The van der Waals surface area contributed by atoms with Crippen molar-refractivity contribution in [2.24, 2.45) is 0 Å². The molecule has 17 heteroatoms. The summed E-state index contributed by atoms with van der Waals surface area (Å²) in [6, 6.07) is 0. The molecule has 0 aliphatic carbocycles. The number of hydrogen-bond donors (Lipinski definition) is 5. The lowest BCUT2D eigenvalue weighted by molar-refractivity contribution is -0.148. The van der Waals surface area contributed by atoms with E-state index >= 15 is 0 Å². The number of aliphatic hydroxyl groups excluding tert-OH is 3. The highest BCUT2D eigenvalue weighted by Crippen LogP contribution is 2.45. The highest BCUT2D eigenvalue weighted by Gasteiger charge is 2.28. The first-order valence-electron chi connectivity index (χ1n) is 27.0. The van der Waals surface area contributed by atoms with Crippen LogP contribution in [0.25, 0.3) is 0 Å². The molecule has 5 atom stereocenters. The predicted octanol–water partition coefficient (Wildman–Crippen LogP) is 13.1. The zero-order valence-corrected chi connectivity index (χ0v) is 44.6. The lowest BCUT2D eigenvalue weighted by atomic mass is 10.0. The van der Waals surface area contributed by atoms with Crippen molar-refractivity contribution in [2.75, 3.05) is 39.6 Å². The Bertz CT molecular complexity index is 1270. The van der Waals surface area contributed by atoms with Crippen molar-refractivity contribution in [2.45, 2.75) is 263 Å². The largest absolute Gasteiger partial charge is 0.472 e. The molecule has 0 aliphatic heterocycles. The summed E-state index contributed by atoms with van der Waals surface area (Å²) in [4.78, 5) is 43.9. The number of carbonyl (C=O) groups is 2. The Labute approximate surface area is 412 Å². The van der Waals surface area contributed by atoms with Crippen LogP contribution in [-0.4, -0.2) is 95.0 Å². The van der Waals surface area contributed by atoms with Gasteiger partial charge in [-0.15, -0.1) is 0 Å². The minimum Gasteiger partial charge on any atom is -0.463 e. The summed E-state index contributed by atoms with van der Waals surface area (Å²) in [5.41, 5.74) is 0. The Kier molecular flexibility index (Phi) is 47.2. The lowest BCUT2D eigenvalue weighted by Crippen LogP contribution is -2.25. The van der Waals surface area contributed by atoms with Crippen LogP contribution in [0.1, 0.15) is 245 Å². The van der Waals surface area contributed by atoms with Gasteiger partial charge in [-0.25, -0.2) is 9.13 Å². The van der Waals surface area contributed by atoms with E-state index in [9.17, 15) is 43.8 Å². The van der Waals surface area contributed by atoms with Crippen LogP contribution >= 0.6 is 15.6 Å². The number of esters is 2. The topological polar surface area (TPSA) is 225 Å². The molecular weight excluding hydrogens is 914 g/mol. The highest BCUT2D eigenvalue weighted by molar-refractivity contribution is 7.47. The van der Waals surface area contributed by atoms with Gasteiger partial charge in [0, 0.05) is 12.8 Å². The van der Waals surface area contributed by atoms with Gasteiger partial charge in [0.25, 0.3) is 0 Å². The fourth-order valence-corrected chi connectivity index (χ4v) is 9.09. The standard InChI is InChI=1S/C51H100O15P2/c1-3-5-7-9-11-13-15-17-19-21-22-24-26-28-30-32-34-36-38-40-51(56)62-42-48(53)44-64-68(59,60)66-46-49(54)45-65-67(57,58)63-43-47(52)41-61-50(55)39-37-35-33-31-29-27-25-23-20-18-16-14-12-10-8-6-4-2/h17,19,47-49,52-54H,3-16,18,20-46H2,1-2H3,(H,57,58)(H,59,60)/b19-17+. The van der Waals surface area contributed by atoms with Crippen LogP contribution in [0.3, 0.4) is 0 Å². The SMILES string of the molecule is CCCCCCCC/C=C/CCCCCCCCCCCC(=O)OCC(O)COP(=O)(O)OCC(O)COP(=O)(O)OCC(O)COC(=O)CCCCCCCCCCCCCCCCCCC. The van der Waals surface area contributed by atoms with Gasteiger partial charge in [-0.1, -0.05) is 206 Å². The van der Waals surface area contributed by atoms with Crippen LogP contribution in [-0.2, 0) is 46.3 Å². The number of rotatable bonds is 53. The van der Waals surface area contributed by atoms with Crippen molar-refractivity contribution >= 4 is 27.6 Å². The Morgan fingerprint density at radius 3 is 0.853 bits per heavy atom. The Balaban J connectivity index is 3.81. The maximum absolute atomic E-state index is 12.2. The van der Waals surface area contributed by atoms with Gasteiger partial charge in [-0.05, 0) is 38.5 Å². The zero-order valence-electron chi connectivity index (χ0n) is 42.8. The van der Waals surface area contributed by atoms with Gasteiger partial charge in [0.15, 0.2) is 0 Å². The predicted molar refractivity (Wildman–Crippen MR) is 270 cm³/mol. The number of phosphoric ester groups is 2. The molecule has 0 saturated carbocycles. The van der Waals surface area contributed by atoms with E-state index in [1.165, 1.54) is 167 Å². The molecule has 0 radical (unpaired) electrons. The third-order valence-electron chi connectivity index (χ3n) is 11.7. The van der Waals surface area contributed by atoms with Gasteiger partial charge in [-0.3, -0.25) is 27.7 Å². The maximum Gasteiger partial charge on any atom is 0.472 e. The smallest absolute Gasteiger partial charge is 0.463 e. The molecule has 68 heavy (non-hydrogen) atoms. The molecule has 0 fully saturated rings. The minimum atomic E-state index is -4.78. The summed E-state index contributed by atoms with van der Waals surface area (Å²) in [6.07, 6.45) is 41.9. The van der Waals surface area contributed by atoms with Crippen LogP contribution in [0.2, 0.25) is 0 Å². The third kappa shape index (κ3) is 49.7. The van der Waals surface area contributed by atoms with Gasteiger partial charge in [0.05, 0.1) is 26.4 Å². The molecule has 0 rings (SSSR count). The summed E-state index contributed by atoms with van der Waals surface area (Å²) in [6.45, 7) is 0.477. The first-order valence-corrected chi connectivity index (χ1v) is 30.0. The van der Waals surface area contributed by atoms with Crippen molar-refractivity contribution in [3.63, 3.8) is 0 Å². The Morgan fingerprint density at radius 2 is 0.588 bits per heavy atom. The van der Waals surface area contributed by atoms with E-state index in [1.54, 1.807) is 0 Å². The molecule has 5 unspecified atom stereocenters. The molecule has 0 aromatic carbocycles. The average molecular weight is 1020 g/mol. The van der Waals surface area contributed by atoms with Crippen molar-refractivity contribution in [3.8, 4) is 0 Å². The fraction of sp³-hybridized carbons (Fsp3) is 0.922. The minimum absolute atomic E-state index is 0.197. The molecule has 0 amide bonds. The second-order valence-electron chi connectivity index (χ2n) is 18.6. The number of allylic oxidation sites excluding steroid dienone is 2. The summed E-state index contributed by atoms with van der Waals surface area (Å²) >= 11 is 0. The molecule has 0 spiro atoms. The average Bonchev–Trinajstić information content (AvgIpc) is 3.31. The first kappa shape index (κ1) is 66.8. The summed E-state index contributed by atoms with van der Waals surface area (Å²) in [5.74, 6) is -0.986. The van der Waals surface area contributed by atoms with Gasteiger partial charge in [-0.2, -0.15) is 0 Å². The monoisotopic (exact) mass is 1010 g/mol. The van der Waals surface area contributed by atoms with Gasteiger partial charge in [0.2, 0.25) is 0 Å². The molecule has 5 N–H and O–H groups in total. The van der Waals surface area contributed by atoms with Crippen molar-refractivity contribution < 1.29 is 71.4 Å². The Hall–Kier alpha value is -1.22. The number of phosphoric acid groups is 2. The van der Waals surface area contributed by atoms with Crippen LogP contribution < -0.4 is 0 Å². The number of unbranched alkanes of at least 4 members (excludes halogenated alkanes) is 31. The van der Waals surface area contributed by atoms with E-state index < -0.39 is 85.5 Å². The summed E-state index contributed by atoms with van der Waals surface area (Å²) in [7, 11) is -9.57. The highest BCUT2D eigenvalue weighted by atomic mass is 31.2. The Morgan fingerprint density at radius 1 is 0.368 bits per heavy atom. The third-order valence-corrected chi connectivity index (χ3v) is 13.6. The molecule has 0 heterocycles. The van der Waals surface area contributed by atoms with E-state index in [0.717, 1.165) is 38.5 Å². The molecule has 0 aromatic rings. The van der Waals surface area contributed by atoms with E-state index in [4.69, 9.17) is 18.5 Å². The van der Waals surface area contributed by atoms with E-state index in [-0.39, 0.29) is 12.8 Å². The maximum atomic E-state index is 12.2.